The van der Waals surface area contributed by atoms with Crippen molar-refractivity contribution in [3.8, 4) is 11.1 Å². The van der Waals surface area contributed by atoms with Gasteiger partial charge in [-0.3, -0.25) is 38.5 Å². The molecule has 0 radical (unpaired) electrons. The molecule has 22 nitrogen and oxygen atoms in total. The van der Waals surface area contributed by atoms with Crippen molar-refractivity contribution in [2.75, 3.05) is 0 Å². The molecule has 9 heterocycles. The Bertz CT molecular complexity index is 4320. The van der Waals surface area contributed by atoms with Crippen molar-refractivity contribution in [1.29, 1.82) is 0 Å². The molecule has 107 heavy (non-hydrogen) atoms. The number of carbonyl (C=O) groups is 8. The number of ether oxygens (including phenoxy) is 2. The first-order valence-corrected chi connectivity index (χ1v) is 41.7. The minimum Gasteiger partial charge on any atom is -0.480 e. The molecule has 12 atom stereocenters. The number of nitrogens with one attached hydrogen (secondary N) is 1. The number of ketones is 4. The van der Waals surface area contributed by atoms with Crippen molar-refractivity contribution >= 4 is 185 Å². The zero-order valence-electron chi connectivity index (χ0n) is 61.7. The van der Waals surface area contributed by atoms with Crippen LogP contribution < -0.4 is 5.32 Å². The second-order valence-corrected chi connectivity index (χ2v) is 34.6. The van der Waals surface area contributed by atoms with Gasteiger partial charge in [0.2, 0.25) is 5.91 Å². The van der Waals surface area contributed by atoms with E-state index in [1.165, 1.54) is 31.1 Å². The Kier molecular flexibility index (Phi) is 32.0. The number of likely N-dealkylation sites (tertiary alicyclic amines) is 3. The fourth-order valence-corrected chi connectivity index (χ4v) is 17.4. The first-order chi connectivity index (χ1) is 49.7. The average Bonchev–Trinajstić information content (AvgIpc) is 1.63. The Morgan fingerprint density at radius 1 is 0.570 bits per heavy atom. The number of Topliss-reactive ketones (excluding diaryl/α,β-unsaturated/α-hetero) is 4. The number of amides is 3. The third-order valence-corrected chi connectivity index (χ3v) is 22.2. The molecule has 3 amide bonds. The van der Waals surface area contributed by atoms with Crippen LogP contribution in [0.15, 0.2) is 80.8 Å². The number of halogens is 4. The highest BCUT2D eigenvalue weighted by Crippen LogP contribution is 2.47. The zero-order valence-corrected chi connectivity index (χ0v) is 72.3. The maximum absolute atomic E-state index is 13.8. The van der Waals surface area contributed by atoms with E-state index >= 15 is 0 Å². The van der Waals surface area contributed by atoms with Gasteiger partial charge in [0.25, 0.3) is 0 Å². The minimum atomic E-state index is -0.914. The van der Waals surface area contributed by atoms with Gasteiger partial charge in [-0.15, -0.1) is 12.4 Å². The van der Waals surface area contributed by atoms with Crippen LogP contribution in [0.25, 0.3) is 22.0 Å². The van der Waals surface area contributed by atoms with Crippen LogP contribution in [0.4, 0.5) is 9.59 Å². The molecule has 6 aromatic rings. The number of hydrogen-bond acceptors (Lipinski definition) is 21. The van der Waals surface area contributed by atoms with Crippen LogP contribution in [0.5, 0.6) is 0 Å². The van der Waals surface area contributed by atoms with Crippen LogP contribution in [-0.4, -0.2) is 161 Å². The summed E-state index contributed by atoms with van der Waals surface area (Å²) in [6.45, 7) is 20.1. The number of carbonyl (C=O) groups excluding carboxylic acids is 7. The molecular formula is C75H93Br3ClN11O11S6. The number of piperidine rings is 4. The standard InChI is InChI=1S/C30H29BrN6O3.C19H25BrN2O3.C14H17BrN2O.C12H19NO4.ClH.S3.S2.H2S/c1-16-4-9-27(31)34-24(16)12-26(39)30-20-5-7-22(10-20)37(30)28(40)15-36-25-8-6-19(21-13-32-18(3)33-14-21)11-23(25)29(35-36)17(2)38;1-11-5-8-16(20)21-14(11)10-15(23)17-12-6-7-13(9-12)22(17)18(24)25-19(2,3)4;1-8-2-5-13(15)17-11(8)7-12(18)14-9-3-4-10(6-9)16-14;1-12(2,3)17-11(16)13-8-5-4-7(6-8)9(13)10(14)15;;1-3-2;1-2;/h4,6,8-9,11,13-14,20,22,30H,5,7,10,12,15H2,1-3H3;5,8,12-13,17H,6-7,9-10H2,1-4H3;2,5,9-10,14,16H,3-4,6-7H2,1H3;7-9H,4-6H2,1-3H3,(H,14,15);1H;;;1H2/t20-,22+,30+;12-,13+,17+;9-,10+,14+;7-,8+,9+;;;;/m1111..../s1. The summed E-state index contributed by atoms with van der Waals surface area (Å²) in [7, 11) is 0.917. The van der Waals surface area contributed by atoms with E-state index in [1.54, 1.807) is 47.6 Å². The summed E-state index contributed by atoms with van der Waals surface area (Å²) in [5, 5.41) is 17.9. The summed E-state index contributed by atoms with van der Waals surface area (Å²) in [4.78, 5) is 128. The number of aromatic nitrogens is 7. The van der Waals surface area contributed by atoms with Gasteiger partial charge in [0.1, 0.15) is 49.1 Å². The first-order valence-electron chi connectivity index (χ1n) is 35.3. The van der Waals surface area contributed by atoms with Gasteiger partial charge in [-0.2, -0.15) is 18.6 Å². The van der Waals surface area contributed by atoms with E-state index in [0.717, 1.165) is 121 Å². The number of benzene rings is 1. The van der Waals surface area contributed by atoms with Gasteiger partial charge in [-0.25, -0.2) is 39.3 Å². The number of rotatable bonds is 14. The van der Waals surface area contributed by atoms with Crippen LogP contribution in [0.2, 0.25) is 0 Å². The highest BCUT2D eigenvalue weighted by molar-refractivity contribution is 9.11. The number of carboxylic acids is 1. The molecule has 8 bridgehead atoms. The third kappa shape index (κ3) is 22.0. The highest BCUT2D eigenvalue weighted by atomic mass is 79.9. The number of fused-ring (bicyclic) bond motifs is 9. The molecule has 32 heteroatoms. The molecule has 0 spiro atoms. The van der Waals surface area contributed by atoms with E-state index in [-0.39, 0.29) is 123 Å². The van der Waals surface area contributed by atoms with Crippen LogP contribution in [0.1, 0.15) is 176 Å². The molecule has 1 aromatic carbocycles. The van der Waals surface area contributed by atoms with E-state index in [9.17, 15) is 43.5 Å². The maximum Gasteiger partial charge on any atom is 0.411 e. The predicted octanol–water partition coefficient (Wildman–Crippen LogP) is 13.5. The summed E-state index contributed by atoms with van der Waals surface area (Å²) in [6, 6.07) is 16.6. The van der Waals surface area contributed by atoms with Crippen LogP contribution >= 0.6 is 73.7 Å². The fourth-order valence-electron chi connectivity index (χ4n) is 16.3. The quantitative estimate of drug-likeness (QED) is 0.0757. The molecule has 5 aromatic heterocycles. The van der Waals surface area contributed by atoms with Crippen LogP contribution in [-0.2, 0) is 113 Å². The number of pyridine rings is 3. The molecule has 4 aliphatic carbocycles. The summed E-state index contributed by atoms with van der Waals surface area (Å²) >= 11 is 25.7. The van der Waals surface area contributed by atoms with Crippen molar-refractivity contribution in [3.63, 3.8) is 0 Å². The summed E-state index contributed by atoms with van der Waals surface area (Å²) < 4.78 is 14.6. The molecule has 8 fully saturated rings. The van der Waals surface area contributed by atoms with Crippen molar-refractivity contribution in [2.24, 2.45) is 23.7 Å². The number of aliphatic carboxylic acids is 1. The summed E-state index contributed by atoms with van der Waals surface area (Å²) in [5.41, 5.74) is 6.99. The van der Waals surface area contributed by atoms with E-state index in [0.29, 0.717) is 51.2 Å². The maximum atomic E-state index is 13.8. The lowest BCUT2D eigenvalue weighted by atomic mass is 9.92. The van der Waals surface area contributed by atoms with E-state index in [1.807, 2.05) is 103 Å². The molecule has 2 N–H and O–H groups in total. The van der Waals surface area contributed by atoms with Gasteiger partial charge in [-0.1, -0.05) is 24.3 Å². The number of aryl methyl sites for hydroxylation is 4. The first kappa shape index (κ1) is 88.7. The van der Waals surface area contributed by atoms with E-state index in [4.69, 9.17) is 9.47 Å². The molecular weight excluding hydrogens is 1700 g/mol. The lowest BCUT2D eigenvalue weighted by Gasteiger charge is -2.35. The predicted molar refractivity (Wildman–Crippen MR) is 440 cm³/mol. The largest absolute Gasteiger partial charge is 0.480 e. The molecule has 0 unspecified atom stereocenters. The normalized spacial score (nSPS) is 23.6. The Morgan fingerprint density at radius 3 is 1.39 bits per heavy atom. The van der Waals surface area contributed by atoms with Gasteiger partial charge in [0, 0.05) is 108 Å². The van der Waals surface area contributed by atoms with Gasteiger partial charge in [0.05, 0.1) is 60.0 Å². The molecule has 8 aliphatic rings. The van der Waals surface area contributed by atoms with Crippen LogP contribution in [0, 0.1) is 51.4 Å². The Balaban J connectivity index is 0.000000205. The monoisotopic (exact) mass is 1790 g/mol. The minimum absolute atomic E-state index is 0. The Labute approximate surface area is 686 Å². The van der Waals surface area contributed by atoms with Crippen molar-refractivity contribution in [3.05, 3.63) is 126 Å². The van der Waals surface area contributed by atoms with Gasteiger partial charge in [-0.05, 0) is 270 Å². The second-order valence-electron chi connectivity index (χ2n) is 30.3. The lowest BCUT2D eigenvalue weighted by Crippen LogP contribution is -2.51. The lowest BCUT2D eigenvalue weighted by molar-refractivity contribution is -0.144. The van der Waals surface area contributed by atoms with Gasteiger partial charge >= 0.3 is 18.2 Å². The number of carboxylic acid groups (broad SMARTS) is 1. The smallest absolute Gasteiger partial charge is 0.411 e. The summed E-state index contributed by atoms with van der Waals surface area (Å²) in [6.07, 6.45) is 15.3. The van der Waals surface area contributed by atoms with E-state index < -0.39 is 35.3 Å². The average molecular weight is 1790 g/mol. The topological polar surface area (TPSA) is 279 Å². The SMILES string of the molecule is CC(=O)c1nn(CC(=O)N2[C@H]3CC[C@H](C3)[C@H]2C(=O)Cc2nc(Br)ccc2C)c2ccc(-c3cnc(C)nc3)cc12.CC(C)(C)OC(=O)N1[C@H]2CC[C@H](C2)[C@H]1C(=O)O.Cc1ccc(Br)nc1CC(=O)[C@@H]1[C@@H]2CC[C@@H](C2)N1C(=O)OC(C)(C)C.Cc1ccc(Br)nc1CC(=O)[C@H]1N[C@H]2CC[C@@H]1C2.Cl.S.S=S.S=S=S. The molecule has 4 saturated heterocycles. The van der Waals surface area contributed by atoms with Crippen molar-refractivity contribution in [1.82, 2.24) is 54.7 Å². The Hall–Kier alpha value is -5.48. The van der Waals surface area contributed by atoms with E-state index in [2.05, 4.69) is 128 Å². The molecule has 4 saturated carbocycles. The number of nitrogens with zero attached hydrogens (tertiary/aromatic N) is 10. The van der Waals surface area contributed by atoms with Gasteiger partial charge in [0.15, 0.2) is 23.1 Å². The van der Waals surface area contributed by atoms with Crippen LogP contribution in [0.3, 0.4) is 0 Å². The molecule has 14 rings (SSSR count). The highest BCUT2D eigenvalue weighted by Gasteiger charge is 2.55. The summed E-state index contributed by atoms with van der Waals surface area (Å²) in [5.74, 6) is 0.891. The second kappa shape index (κ2) is 38.6. The fraction of sp³-hybridized carbons (Fsp3) is 0.547. The van der Waals surface area contributed by atoms with Crippen molar-refractivity contribution in [2.45, 2.75) is 239 Å². The van der Waals surface area contributed by atoms with Crippen molar-refractivity contribution < 1.29 is 52.9 Å². The molecule has 4 aliphatic heterocycles. The Morgan fingerprint density at radius 2 is 0.981 bits per heavy atom. The zero-order chi connectivity index (χ0) is 76.7. The molecule has 578 valence electrons. The van der Waals surface area contributed by atoms with Gasteiger partial charge < -0.3 is 24.8 Å². The number of hydrogen-bond donors (Lipinski definition) is 2. The third-order valence-electron chi connectivity index (χ3n) is 20.9.